The molecule has 1 aliphatic rings. The average molecular weight is 178 g/mol. The minimum Gasteiger partial charge on any atom is -0.390 e. The van der Waals surface area contributed by atoms with Gasteiger partial charge in [-0.25, -0.2) is 0 Å². The fraction of sp³-hybridized carbons (Fsp3) is 0.857. The molecule has 1 fully saturated rings. The number of carbonyl (C=O) groups is 1. The molecule has 0 radical (unpaired) electrons. The van der Waals surface area contributed by atoms with Gasteiger partial charge in [-0.05, 0) is 6.42 Å². The first-order valence-electron chi connectivity index (χ1n) is 3.76. The number of aliphatic hydroxyl groups excluding tert-OH is 1. The standard InChI is InChI=1S/C7H12ClNO2/c8-4-6(10)5-9-3-1-2-7(9)11/h6,10H,1-5H2/t6-/m1/s1. The van der Waals surface area contributed by atoms with Crippen molar-refractivity contribution in [2.45, 2.75) is 18.9 Å². The van der Waals surface area contributed by atoms with Crippen molar-refractivity contribution in [3.8, 4) is 0 Å². The number of nitrogens with zero attached hydrogens (tertiary/aromatic N) is 1. The van der Waals surface area contributed by atoms with Gasteiger partial charge in [-0.15, -0.1) is 11.6 Å². The van der Waals surface area contributed by atoms with Crippen LogP contribution in [0.3, 0.4) is 0 Å². The van der Waals surface area contributed by atoms with Crippen molar-refractivity contribution in [2.24, 2.45) is 0 Å². The molecule has 0 aromatic carbocycles. The van der Waals surface area contributed by atoms with E-state index in [1.807, 2.05) is 0 Å². The van der Waals surface area contributed by atoms with E-state index in [-0.39, 0.29) is 11.8 Å². The topological polar surface area (TPSA) is 40.5 Å². The molecule has 1 heterocycles. The van der Waals surface area contributed by atoms with Gasteiger partial charge in [-0.1, -0.05) is 0 Å². The zero-order chi connectivity index (χ0) is 8.27. The van der Waals surface area contributed by atoms with E-state index in [0.717, 1.165) is 13.0 Å². The molecule has 3 nitrogen and oxygen atoms in total. The quantitative estimate of drug-likeness (QED) is 0.627. The predicted octanol–water partition coefficient (Wildman–Crippen LogP) is 0.208. The second-order valence-electron chi connectivity index (χ2n) is 2.75. The van der Waals surface area contributed by atoms with Crippen molar-refractivity contribution < 1.29 is 9.90 Å². The molecule has 0 unspecified atom stereocenters. The lowest BCUT2D eigenvalue weighted by molar-refractivity contribution is -0.128. The van der Waals surface area contributed by atoms with E-state index < -0.39 is 6.10 Å². The molecular weight excluding hydrogens is 166 g/mol. The van der Waals surface area contributed by atoms with Gasteiger partial charge in [0.05, 0.1) is 12.0 Å². The predicted molar refractivity (Wildman–Crippen MR) is 42.5 cm³/mol. The number of aliphatic hydroxyl groups is 1. The monoisotopic (exact) mass is 177 g/mol. The number of likely N-dealkylation sites (tertiary alicyclic amines) is 1. The number of hydrogen-bond donors (Lipinski definition) is 1. The van der Waals surface area contributed by atoms with Crippen LogP contribution in [0.4, 0.5) is 0 Å². The van der Waals surface area contributed by atoms with Crippen molar-refractivity contribution >= 4 is 17.5 Å². The molecule has 0 aromatic rings. The number of halogens is 1. The van der Waals surface area contributed by atoms with Crippen molar-refractivity contribution in [1.82, 2.24) is 4.90 Å². The number of amides is 1. The van der Waals surface area contributed by atoms with E-state index in [1.54, 1.807) is 4.90 Å². The first kappa shape index (κ1) is 8.81. The van der Waals surface area contributed by atoms with E-state index >= 15 is 0 Å². The number of hydrogen-bond acceptors (Lipinski definition) is 2. The zero-order valence-corrected chi connectivity index (χ0v) is 7.05. The van der Waals surface area contributed by atoms with Gasteiger partial charge in [0.25, 0.3) is 0 Å². The Morgan fingerprint density at radius 1 is 1.73 bits per heavy atom. The van der Waals surface area contributed by atoms with Crippen LogP contribution >= 0.6 is 11.6 Å². The van der Waals surface area contributed by atoms with Gasteiger partial charge in [-0.2, -0.15) is 0 Å². The Balaban J connectivity index is 2.30. The smallest absolute Gasteiger partial charge is 0.222 e. The van der Waals surface area contributed by atoms with Crippen LogP contribution < -0.4 is 0 Å². The number of carbonyl (C=O) groups excluding carboxylic acids is 1. The van der Waals surface area contributed by atoms with Crippen LogP contribution in [0.25, 0.3) is 0 Å². The molecule has 1 rings (SSSR count). The molecule has 0 bridgehead atoms. The van der Waals surface area contributed by atoms with Crippen LogP contribution in [0.5, 0.6) is 0 Å². The van der Waals surface area contributed by atoms with Crippen LogP contribution in [0.1, 0.15) is 12.8 Å². The third-order valence-electron chi connectivity index (χ3n) is 1.78. The Hall–Kier alpha value is -0.280. The summed E-state index contributed by atoms with van der Waals surface area (Å²) in [7, 11) is 0. The van der Waals surface area contributed by atoms with Crippen LogP contribution in [-0.2, 0) is 4.79 Å². The molecule has 11 heavy (non-hydrogen) atoms. The third kappa shape index (κ3) is 2.34. The minimum absolute atomic E-state index is 0.133. The summed E-state index contributed by atoms with van der Waals surface area (Å²) < 4.78 is 0. The largest absolute Gasteiger partial charge is 0.390 e. The van der Waals surface area contributed by atoms with Crippen LogP contribution in [-0.4, -0.2) is 41.0 Å². The first-order valence-corrected chi connectivity index (χ1v) is 4.29. The second kappa shape index (κ2) is 3.93. The minimum atomic E-state index is -0.571. The maximum absolute atomic E-state index is 11.0. The summed E-state index contributed by atoms with van der Waals surface area (Å²) in [5.74, 6) is 0.332. The highest BCUT2D eigenvalue weighted by molar-refractivity contribution is 6.18. The molecular formula is C7H12ClNO2. The molecule has 0 saturated carbocycles. The number of β-amino-alcohol motifs (C(OH)–C–C–N with tert-alkyl or cyclic N) is 1. The summed E-state index contributed by atoms with van der Waals surface area (Å²) in [6.07, 6.45) is 0.960. The average Bonchev–Trinajstić information content (AvgIpc) is 2.37. The first-order chi connectivity index (χ1) is 5.24. The van der Waals surface area contributed by atoms with Gasteiger partial charge in [0.2, 0.25) is 5.91 Å². The molecule has 1 atom stereocenters. The Morgan fingerprint density at radius 3 is 2.91 bits per heavy atom. The molecule has 1 saturated heterocycles. The van der Waals surface area contributed by atoms with Gasteiger partial charge in [0, 0.05) is 19.5 Å². The van der Waals surface area contributed by atoms with Gasteiger partial charge in [0.1, 0.15) is 0 Å². The number of rotatable bonds is 3. The number of alkyl halides is 1. The summed E-state index contributed by atoms with van der Waals surface area (Å²) >= 11 is 5.39. The second-order valence-corrected chi connectivity index (χ2v) is 3.06. The molecule has 0 spiro atoms. The highest BCUT2D eigenvalue weighted by Gasteiger charge is 2.21. The maximum atomic E-state index is 11.0. The highest BCUT2D eigenvalue weighted by Crippen LogP contribution is 2.09. The van der Waals surface area contributed by atoms with Gasteiger partial charge in [0.15, 0.2) is 0 Å². The third-order valence-corrected chi connectivity index (χ3v) is 2.14. The van der Waals surface area contributed by atoms with Crippen molar-refractivity contribution in [1.29, 1.82) is 0 Å². The molecule has 64 valence electrons. The van der Waals surface area contributed by atoms with Gasteiger partial charge in [-0.3, -0.25) is 4.79 Å². The lowest BCUT2D eigenvalue weighted by Crippen LogP contribution is -2.34. The Labute approximate surface area is 70.9 Å². The Morgan fingerprint density at radius 2 is 2.45 bits per heavy atom. The normalized spacial score (nSPS) is 20.9. The maximum Gasteiger partial charge on any atom is 0.222 e. The summed E-state index contributed by atoms with van der Waals surface area (Å²) in [5, 5.41) is 9.11. The fourth-order valence-corrected chi connectivity index (χ4v) is 1.30. The summed E-state index contributed by atoms with van der Waals surface area (Å²) in [4.78, 5) is 12.7. The van der Waals surface area contributed by atoms with Crippen molar-refractivity contribution in [3.05, 3.63) is 0 Å². The molecule has 0 aromatic heterocycles. The van der Waals surface area contributed by atoms with Gasteiger partial charge < -0.3 is 10.0 Å². The SMILES string of the molecule is O=C1CCCN1C[C@H](O)CCl. The van der Waals surface area contributed by atoms with E-state index in [1.165, 1.54) is 0 Å². The summed E-state index contributed by atoms with van der Waals surface area (Å²) in [6, 6.07) is 0. The van der Waals surface area contributed by atoms with E-state index in [9.17, 15) is 4.79 Å². The molecule has 0 aliphatic carbocycles. The van der Waals surface area contributed by atoms with Crippen LogP contribution in [0.15, 0.2) is 0 Å². The Kier molecular flexibility index (Phi) is 3.15. The molecule has 1 amide bonds. The molecule has 1 N–H and O–H groups in total. The fourth-order valence-electron chi connectivity index (χ4n) is 1.20. The lowest BCUT2D eigenvalue weighted by atomic mass is 10.4. The van der Waals surface area contributed by atoms with Crippen molar-refractivity contribution in [2.75, 3.05) is 19.0 Å². The molecule has 1 aliphatic heterocycles. The Bertz CT molecular complexity index is 151. The van der Waals surface area contributed by atoms with Crippen LogP contribution in [0, 0.1) is 0 Å². The van der Waals surface area contributed by atoms with Crippen molar-refractivity contribution in [3.63, 3.8) is 0 Å². The van der Waals surface area contributed by atoms with E-state index in [0.29, 0.717) is 13.0 Å². The zero-order valence-electron chi connectivity index (χ0n) is 6.29. The van der Waals surface area contributed by atoms with E-state index in [4.69, 9.17) is 16.7 Å². The lowest BCUT2D eigenvalue weighted by Gasteiger charge is -2.17. The summed E-state index contributed by atoms with van der Waals surface area (Å²) in [5.41, 5.74) is 0. The molecule has 4 heteroatoms. The highest BCUT2D eigenvalue weighted by atomic mass is 35.5. The van der Waals surface area contributed by atoms with E-state index in [2.05, 4.69) is 0 Å². The van der Waals surface area contributed by atoms with Gasteiger partial charge >= 0.3 is 0 Å². The summed E-state index contributed by atoms with van der Waals surface area (Å²) in [6.45, 7) is 1.16. The van der Waals surface area contributed by atoms with Crippen LogP contribution in [0.2, 0.25) is 0 Å².